The Morgan fingerprint density at radius 1 is 0.895 bits per heavy atom. The van der Waals surface area contributed by atoms with Crippen LogP contribution >= 0.6 is 11.6 Å². The second-order valence-corrected chi connectivity index (χ2v) is 10.3. The van der Waals surface area contributed by atoms with Gasteiger partial charge in [-0.15, -0.1) is 0 Å². The summed E-state index contributed by atoms with van der Waals surface area (Å²) in [4.78, 5) is 16.5. The predicted octanol–water partition coefficient (Wildman–Crippen LogP) is 7.74. The quantitative estimate of drug-likeness (QED) is 0.237. The van der Waals surface area contributed by atoms with Crippen LogP contribution in [0.3, 0.4) is 0 Å². The van der Waals surface area contributed by atoms with Crippen molar-refractivity contribution in [2.45, 2.75) is 31.6 Å². The molecule has 0 atom stereocenters. The van der Waals surface area contributed by atoms with Crippen molar-refractivity contribution < 1.29 is 14.4 Å². The number of aromatic nitrogens is 2. The van der Waals surface area contributed by atoms with Crippen molar-refractivity contribution in [1.82, 2.24) is 10.1 Å². The van der Waals surface area contributed by atoms with Gasteiger partial charge in [-0.05, 0) is 60.7 Å². The Balaban J connectivity index is 1.24. The Bertz CT molecular complexity index is 1630. The molecular formula is C32H25ClN2O3. The number of hydrogen-bond acceptors (Lipinski definition) is 4. The van der Waals surface area contributed by atoms with Crippen molar-refractivity contribution in [3.05, 3.63) is 119 Å². The van der Waals surface area contributed by atoms with Crippen LogP contribution in [-0.2, 0) is 16.6 Å². The zero-order valence-corrected chi connectivity index (χ0v) is 21.6. The van der Waals surface area contributed by atoms with Gasteiger partial charge in [0.15, 0.2) is 5.76 Å². The van der Waals surface area contributed by atoms with E-state index < -0.39 is 11.4 Å². The minimum Gasteiger partial charge on any atom is -0.481 e. The molecule has 6 heteroatoms. The summed E-state index contributed by atoms with van der Waals surface area (Å²) in [5.41, 5.74) is 7.81. The topological polar surface area (TPSA) is 76.2 Å². The van der Waals surface area contributed by atoms with Crippen molar-refractivity contribution in [3.8, 4) is 33.7 Å². The van der Waals surface area contributed by atoms with Crippen LogP contribution < -0.4 is 0 Å². The van der Waals surface area contributed by atoms with Crippen molar-refractivity contribution in [3.63, 3.8) is 0 Å². The molecule has 0 saturated heterocycles. The van der Waals surface area contributed by atoms with Gasteiger partial charge in [-0.1, -0.05) is 83.5 Å². The monoisotopic (exact) mass is 520 g/mol. The number of aliphatic carboxylic acids is 1. The van der Waals surface area contributed by atoms with E-state index in [9.17, 15) is 9.90 Å². The average molecular weight is 521 g/mol. The van der Waals surface area contributed by atoms with Gasteiger partial charge in [0, 0.05) is 33.8 Å². The molecule has 5 aromatic rings. The molecule has 1 aliphatic carbocycles. The van der Waals surface area contributed by atoms with Crippen molar-refractivity contribution >= 4 is 17.6 Å². The molecule has 0 radical (unpaired) electrons. The van der Waals surface area contributed by atoms with Crippen molar-refractivity contribution in [2.75, 3.05) is 0 Å². The molecule has 0 bridgehead atoms. The SMILES string of the molecule is Cc1noc(-c2ccc(-c3ccc(C4(C(=O)O)CC4)cc3)cc2)c1Cc1cccc(-c2cccc(Cl)c2)n1. The number of pyridine rings is 1. The second kappa shape index (κ2) is 9.58. The third-order valence-electron chi connectivity index (χ3n) is 7.35. The minimum atomic E-state index is -0.737. The molecule has 188 valence electrons. The van der Waals surface area contributed by atoms with E-state index in [0.717, 1.165) is 56.2 Å². The van der Waals surface area contributed by atoms with E-state index in [4.69, 9.17) is 21.1 Å². The molecule has 1 N–H and O–H groups in total. The first-order chi connectivity index (χ1) is 18.4. The lowest BCUT2D eigenvalue weighted by Gasteiger charge is -2.11. The summed E-state index contributed by atoms with van der Waals surface area (Å²) >= 11 is 6.18. The highest BCUT2D eigenvalue weighted by Crippen LogP contribution is 2.48. The van der Waals surface area contributed by atoms with Gasteiger partial charge in [-0.25, -0.2) is 0 Å². The van der Waals surface area contributed by atoms with Gasteiger partial charge in [-0.2, -0.15) is 0 Å². The highest BCUT2D eigenvalue weighted by molar-refractivity contribution is 6.30. The number of benzene rings is 3. The molecule has 38 heavy (non-hydrogen) atoms. The molecule has 2 heterocycles. The van der Waals surface area contributed by atoms with E-state index >= 15 is 0 Å². The molecule has 6 rings (SSSR count). The van der Waals surface area contributed by atoms with Crippen LogP contribution in [0.4, 0.5) is 0 Å². The largest absolute Gasteiger partial charge is 0.481 e. The maximum absolute atomic E-state index is 11.6. The zero-order chi connectivity index (χ0) is 26.3. The van der Waals surface area contributed by atoms with Gasteiger partial charge in [0.2, 0.25) is 0 Å². The van der Waals surface area contributed by atoms with Crippen LogP contribution in [0.5, 0.6) is 0 Å². The normalized spacial score (nSPS) is 13.8. The standard InChI is InChI=1S/C32H25ClN2O3/c1-20-28(19-27-6-3-7-29(34-27)24-4-2-5-26(33)18-24)30(38-35-20)23-10-8-21(9-11-23)22-12-14-25(15-13-22)32(16-17-32)31(36)37/h2-15,18H,16-17,19H2,1H3,(H,36,37). The third-order valence-corrected chi connectivity index (χ3v) is 7.58. The third kappa shape index (κ3) is 4.50. The summed E-state index contributed by atoms with van der Waals surface area (Å²) in [5.74, 6) is -0.00404. The summed E-state index contributed by atoms with van der Waals surface area (Å²) in [5, 5.41) is 14.5. The van der Waals surface area contributed by atoms with Gasteiger partial charge in [0.1, 0.15) is 0 Å². The number of carboxylic acids is 1. The van der Waals surface area contributed by atoms with Crippen LogP contribution in [0, 0.1) is 6.92 Å². The fraction of sp³-hybridized carbons (Fsp3) is 0.156. The fourth-order valence-electron chi connectivity index (χ4n) is 4.94. The number of nitrogens with zero attached hydrogens (tertiary/aromatic N) is 2. The smallest absolute Gasteiger partial charge is 0.314 e. The molecule has 1 fully saturated rings. The van der Waals surface area contributed by atoms with Gasteiger partial charge < -0.3 is 9.63 Å². The minimum absolute atomic E-state index is 0.591. The lowest BCUT2D eigenvalue weighted by Crippen LogP contribution is -2.19. The Hall–Kier alpha value is -4.22. The molecule has 0 amide bonds. The molecule has 3 aromatic carbocycles. The van der Waals surface area contributed by atoms with E-state index in [1.807, 2.05) is 97.9 Å². The van der Waals surface area contributed by atoms with E-state index in [0.29, 0.717) is 24.3 Å². The highest BCUT2D eigenvalue weighted by Gasteiger charge is 2.51. The average Bonchev–Trinajstić information content (AvgIpc) is 3.68. The van der Waals surface area contributed by atoms with Gasteiger partial charge in [-0.3, -0.25) is 9.78 Å². The van der Waals surface area contributed by atoms with Crippen LogP contribution in [0.15, 0.2) is 95.5 Å². The first-order valence-electron chi connectivity index (χ1n) is 12.5. The van der Waals surface area contributed by atoms with Crippen LogP contribution in [0.2, 0.25) is 5.02 Å². The van der Waals surface area contributed by atoms with E-state index in [1.165, 1.54) is 0 Å². The molecule has 1 saturated carbocycles. The Labute approximate surface area is 225 Å². The molecule has 0 unspecified atom stereocenters. The van der Waals surface area contributed by atoms with E-state index in [-0.39, 0.29) is 0 Å². The molecule has 2 aromatic heterocycles. The fourth-order valence-corrected chi connectivity index (χ4v) is 5.13. The van der Waals surface area contributed by atoms with Gasteiger partial charge in [0.25, 0.3) is 0 Å². The summed E-state index contributed by atoms with van der Waals surface area (Å²) in [6.07, 6.45) is 2.00. The molecular weight excluding hydrogens is 496 g/mol. The number of carboxylic acid groups (broad SMARTS) is 1. The molecule has 1 aliphatic rings. The number of aryl methyl sites for hydroxylation is 1. The van der Waals surface area contributed by atoms with Crippen LogP contribution in [0.25, 0.3) is 33.7 Å². The lowest BCUT2D eigenvalue weighted by atomic mass is 9.93. The maximum atomic E-state index is 11.6. The van der Waals surface area contributed by atoms with Crippen LogP contribution in [0.1, 0.15) is 35.4 Å². The van der Waals surface area contributed by atoms with Crippen molar-refractivity contribution in [2.24, 2.45) is 0 Å². The van der Waals surface area contributed by atoms with Crippen LogP contribution in [-0.4, -0.2) is 21.2 Å². The first kappa shape index (κ1) is 24.1. The Kier molecular flexibility index (Phi) is 6.09. The summed E-state index contributed by atoms with van der Waals surface area (Å²) < 4.78 is 5.76. The highest BCUT2D eigenvalue weighted by atomic mass is 35.5. The zero-order valence-electron chi connectivity index (χ0n) is 20.8. The molecule has 0 aliphatic heterocycles. The van der Waals surface area contributed by atoms with E-state index in [2.05, 4.69) is 5.16 Å². The number of rotatable bonds is 7. The summed E-state index contributed by atoms with van der Waals surface area (Å²) in [6.45, 7) is 1.95. The predicted molar refractivity (Wildman–Crippen MR) is 148 cm³/mol. The number of carbonyl (C=O) groups is 1. The lowest BCUT2D eigenvalue weighted by molar-refractivity contribution is -0.140. The van der Waals surface area contributed by atoms with E-state index in [1.54, 1.807) is 0 Å². The van der Waals surface area contributed by atoms with Gasteiger partial charge in [0.05, 0.1) is 16.8 Å². The summed E-state index contributed by atoms with van der Waals surface area (Å²) in [7, 11) is 0. The Morgan fingerprint density at radius 2 is 1.55 bits per heavy atom. The first-order valence-corrected chi connectivity index (χ1v) is 12.9. The maximum Gasteiger partial charge on any atom is 0.314 e. The second-order valence-electron chi connectivity index (χ2n) is 9.82. The summed E-state index contributed by atoms with van der Waals surface area (Å²) in [6, 6.07) is 29.7. The van der Waals surface area contributed by atoms with Crippen molar-refractivity contribution in [1.29, 1.82) is 0 Å². The molecule has 0 spiro atoms. The Morgan fingerprint density at radius 3 is 2.21 bits per heavy atom. The molecule has 5 nitrogen and oxygen atoms in total. The van der Waals surface area contributed by atoms with Gasteiger partial charge >= 0.3 is 5.97 Å². The number of halogens is 1. The number of hydrogen-bond donors (Lipinski definition) is 1.